The van der Waals surface area contributed by atoms with Gasteiger partial charge >= 0.3 is 0 Å². The quantitative estimate of drug-likeness (QED) is 0.800. The third-order valence-corrected chi connectivity index (χ3v) is 2.46. The smallest absolute Gasteiger partial charge is 0.0379 e. The molecule has 2 rings (SSSR count). The van der Waals surface area contributed by atoms with E-state index in [0.29, 0.717) is 0 Å². The van der Waals surface area contributed by atoms with E-state index in [2.05, 4.69) is 48.6 Å². The molecule has 0 saturated carbocycles. The van der Waals surface area contributed by atoms with Gasteiger partial charge in [0.05, 0.1) is 0 Å². The number of allylic oxidation sites excluding steroid dienone is 1. The average molecular weight is 209 g/mol. The molecule has 0 fully saturated rings. The van der Waals surface area contributed by atoms with Gasteiger partial charge in [0.2, 0.25) is 0 Å². The van der Waals surface area contributed by atoms with Gasteiger partial charge in [-0.25, -0.2) is 0 Å². The lowest BCUT2D eigenvalue weighted by molar-refractivity contribution is 1.52. The van der Waals surface area contributed by atoms with Crippen molar-refractivity contribution in [1.29, 1.82) is 0 Å². The van der Waals surface area contributed by atoms with Crippen LogP contribution in [0.15, 0.2) is 66.9 Å². The van der Waals surface area contributed by atoms with Crippen molar-refractivity contribution in [3.8, 4) is 0 Å². The number of hydrogen-bond donors (Lipinski definition) is 1. The molecule has 0 heterocycles. The molecule has 2 aromatic rings. The monoisotopic (exact) mass is 209 g/mol. The van der Waals surface area contributed by atoms with Gasteiger partial charge in [0.1, 0.15) is 0 Å². The first-order chi connectivity index (χ1) is 7.86. The summed E-state index contributed by atoms with van der Waals surface area (Å²) >= 11 is 0. The zero-order valence-corrected chi connectivity index (χ0v) is 9.35. The Balaban J connectivity index is 2.09. The molecule has 1 heteroatoms. The van der Waals surface area contributed by atoms with Gasteiger partial charge in [-0.15, -0.1) is 0 Å². The summed E-state index contributed by atoms with van der Waals surface area (Å²) in [6.07, 6.45) is 2.03. The summed E-state index contributed by atoms with van der Waals surface area (Å²) in [4.78, 5) is 0. The molecule has 0 amide bonds. The number of anilines is 1. The molecule has 0 atom stereocenters. The fraction of sp³-hybridized carbons (Fsp3) is 0.0667. The Labute approximate surface area is 96.4 Å². The summed E-state index contributed by atoms with van der Waals surface area (Å²) in [7, 11) is 0. The molecule has 0 aliphatic rings. The first-order valence-corrected chi connectivity index (χ1v) is 5.40. The molecule has 0 radical (unpaired) electrons. The van der Waals surface area contributed by atoms with Crippen LogP contribution >= 0.6 is 0 Å². The predicted molar refractivity (Wildman–Crippen MR) is 70.2 cm³/mol. The van der Waals surface area contributed by atoms with Crippen molar-refractivity contribution in [2.45, 2.75) is 6.92 Å². The molecular weight excluding hydrogens is 194 g/mol. The number of para-hydroxylation sites is 1. The van der Waals surface area contributed by atoms with E-state index in [1.165, 1.54) is 11.1 Å². The van der Waals surface area contributed by atoms with E-state index in [-0.39, 0.29) is 0 Å². The zero-order chi connectivity index (χ0) is 11.2. The standard InChI is InChI=1S/C15H15N/c1-13(14-8-4-2-5-9-14)12-16-15-10-6-3-7-11-15/h2-12,16H,1H3/b13-12+. The summed E-state index contributed by atoms with van der Waals surface area (Å²) in [5.41, 5.74) is 3.58. The molecule has 80 valence electrons. The van der Waals surface area contributed by atoms with Crippen LogP contribution in [0.25, 0.3) is 5.57 Å². The van der Waals surface area contributed by atoms with E-state index in [4.69, 9.17) is 0 Å². The van der Waals surface area contributed by atoms with E-state index in [1.807, 2.05) is 30.5 Å². The second-order valence-electron chi connectivity index (χ2n) is 3.70. The van der Waals surface area contributed by atoms with E-state index in [9.17, 15) is 0 Å². The number of rotatable bonds is 3. The largest absolute Gasteiger partial charge is 0.361 e. The Morgan fingerprint density at radius 2 is 1.44 bits per heavy atom. The zero-order valence-electron chi connectivity index (χ0n) is 9.35. The van der Waals surface area contributed by atoms with Gasteiger partial charge < -0.3 is 5.32 Å². The lowest BCUT2D eigenvalue weighted by Crippen LogP contribution is -1.89. The van der Waals surface area contributed by atoms with Gasteiger partial charge in [0.25, 0.3) is 0 Å². The summed E-state index contributed by atoms with van der Waals surface area (Å²) in [6, 6.07) is 20.5. The third-order valence-electron chi connectivity index (χ3n) is 2.46. The molecule has 0 aliphatic heterocycles. The molecule has 2 aromatic carbocycles. The minimum atomic E-state index is 1.11. The number of benzene rings is 2. The molecule has 16 heavy (non-hydrogen) atoms. The van der Waals surface area contributed by atoms with E-state index in [0.717, 1.165) is 5.69 Å². The van der Waals surface area contributed by atoms with Gasteiger partial charge in [0.15, 0.2) is 0 Å². The van der Waals surface area contributed by atoms with Crippen LogP contribution in [0.4, 0.5) is 5.69 Å². The van der Waals surface area contributed by atoms with Crippen LogP contribution in [0.2, 0.25) is 0 Å². The summed E-state index contributed by atoms with van der Waals surface area (Å²) in [6.45, 7) is 2.10. The topological polar surface area (TPSA) is 12.0 Å². The highest BCUT2D eigenvalue weighted by atomic mass is 14.8. The lowest BCUT2D eigenvalue weighted by atomic mass is 10.1. The second-order valence-corrected chi connectivity index (χ2v) is 3.70. The maximum Gasteiger partial charge on any atom is 0.0379 e. The van der Waals surface area contributed by atoms with Crippen molar-refractivity contribution in [3.05, 3.63) is 72.4 Å². The fourth-order valence-corrected chi connectivity index (χ4v) is 1.51. The third kappa shape index (κ3) is 2.74. The molecule has 1 N–H and O–H groups in total. The Bertz CT molecular complexity index is 457. The van der Waals surface area contributed by atoms with Crippen LogP contribution in [-0.4, -0.2) is 0 Å². The van der Waals surface area contributed by atoms with Crippen LogP contribution in [-0.2, 0) is 0 Å². The highest BCUT2D eigenvalue weighted by molar-refractivity contribution is 5.66. The Morgan fingerprint density at radius 1 is 0.875 bits per heavy atom. The van der Waals surface area contributed by atoms with Crippen molar-refractivity contribution in [3.63, 3.8) is 0 Å². The Morgan fingerprint density at radius 3 is 2.06 bits per heavy atom. The normalized spacial score (nSPS) is 11.2. The summed E-state index contributed by atoms with van der Waals surface area (Å²) in [5, 5.41) is 3.28. The maximum absolute atomic E-state index is 3.28. The van der Waals surface area contributed by atoms with Gasteiger partial charge in [-0.2, -0.15) is 0 Å². The molecule has 0 bridgehead atoms. The highest BCUT2D eigenvalue weighted by Gasteiger charge is 1.93. The van der Waals surface area contributed by atoms with Crippen LogP contribution in [0.1, 0.15) is 12.5 Å². The molecule has 0 saturated heterocycles. The average Bonchev–Trinajstić information content (AvgIpc) is 2.38. The minimum absolute atomic E-state index is 1.11. The molecule has 0 spiro atoms. The van der Waals surface area contributed by atoms with E-state index < -0.39 is 0 Å². The van der Waals surface area contributed by atoms with Crippen molar-refractivity contribution in [2.75, 3.05) is 5.32 Å². The van der Waals surface area contributed by atoms with Crippen molar-refractivity contribution < 1.29 is 0 Å². The van der Waals surface area contributed by atoms with E-state index in [1.54, 1.807) is 0 Å². The SMILES string of the molecule is C/C(=C\Nc1ccccc1)c1ccccc1. The molecule has 0 unspecified atom stereocenters. The van der Waals surface area contributed by atoms with E-state index >= 15 is 0 Å². The first kappa shape index (κ1) is 10.5. The van der Waals surface area contributed by atoms with Crippen molar-refractivity contribution >= 4 is 11.3 Å². The molecular formula is C15H15N. The summed E-state index contributed by atoms with van der Waals surface area (Å²) in [5.74, 6) is 0. The Kier molecular flexibility index (Phi) is 3.39. The first-order valence-electron chi connectivity index (χ1n) is 5.40. The second kappa shape index (κ2) is 5.17. The Hall–Kier alpha value is -2.02. The lowest BCUT2D eigenvalue weighted by Gasteiger charge is -2.03. The van der Waals surface area contributed by atoms with Crippen LogP contribution in [0.3, 0.4) is 0 Å². The van der Waals surface area contributed by atoms with Crippen LogP contribution in [0, 0.1) is 0 Å². The highest BCUT2D eigenvalue weighted by Crippen LogP contribution is 2.13. The van der Waals surface area contributed by atoms with Crippen LogP contribution < -0.4 is 5.32 Å². The number of nitrogens with one attached hydrogen (secondary N) is 1. The van der Waals surface area contributed by atoms with Crippen molar-refractivity contribution in [2.24, 2.45) is 0 Å². The number of hydrogen-bond acceptors (Lipinski definition) is 1. The van der Waals surface area contributed by atoms with Gasteiger partial charge in [-0.05, 0) is 30.2 Å². The van der Waals surface area contributed by atoms with Gasteiger partial charge in [-0.3, -0.25) is 0 Å². The fourth-order valence-electron chi connectivity index (χ4n) is 1.51. The maximum atomic E-state index is 3.28. The van der Waals surface area contributed by atoms with Gasteiger partial charge in [-0.1, -0.05) is 48.5 Å². The van der Waals surface area contributed by atoms with Gasteiger partial charge in [0, 0.05) is 11.9 Å². The molecule has 0 aromatic heterocycles. The minimum Gasteiger partial charge on any atom is -0.361 e. The molecule has 0 aliphatic carbocycles. The summed E-state index contributed by atoms with van der Waals surface area (Å²) < 4.78 is 0. The van der Waals surface area contributed by atoms with Crippen LogP contribution in [0.5, 0.6) is 0 Å². The van der Waals surface area contributed by atoms with Crippen molar-refractivity contribution in [1.82, 2.24) is 0 Å². The molecule has 1 nitrogen and oxygen atoms in total. The predicted octanol–water partition coefficient (Wildman–Crippen LogP) is 4.16.